The van der Waals surface area contributed by atoms with Crippen molar-refractivity contribution < 1.29 is 42.2 Å². The molecule has 7 nitrogen and oxygen atoms in total. The van der Waals surface area contributed by atoms with E-state index in [2.05, 4.69) is 10.3 Å². The van der Waals surface area contributed by atoms with Crippen LogP contribution in [0.4, 0.5) is 38.3 Å². The van der Waals surface area contributed by atoms with Gasteiger partial charge in [-0.25, -0.2) is 13.2 Å². The molecule has 1 aliphatic heterocycles. The first-order valence-corrected chi connectivity index (χ1v) is 16.4. The molecule has 3 aliphatic rings. The molecule has 45 heavy (non-hydrogen) atoms. The molecule has 16 heteroatoms. The highest BCUT2D eigenvalue weighted by Gasteiger charge is 2.65. The molecule has 1 aromatic heterocycles. The fraction of sp³-hybridized carbons (Fsp3) is 0.517. The Hall–Kier alpha value is -3.61. The molecule has 1 aromatic carbocycles. The van der Waals surface area contributed by atoms with Crippen LogP contribution in [0.25, 0.3) is 0 Å². The number of hydrogen-bond donors (Lipinski definition) is 1. The highest BCUT2D eigenvalue weighted by Crippen LogP contribution is 3.02. The quantitative estimate of drug-likeness (QED) is 0.241. The summed E-state index contributed by atoms with van der Waals surface area (Å²) in [5.74, 6) is -5.70. The fourth-order valence-corrected chi connectivity index (χ4v) is 7.55. The maximum atomic E-state index is 14.6. The molecule has 2 atom stereocenters. The van der Waals surface area contributed by atoms with Crippen LogP contribution in [0.3, 0.4) is 0 Å². The minimum absolute atomic E-state index is 0.0984. The van der Waals surface area contributed by atoms with E-state index in [0.717, 1.165) is 36.2 Å². The number of rotatable bonds is 7. The number of anilines is 1. The number of carbonyl (C=O) groups excluding carboxylic acids is 2. The second kappa shape index (κ2) is 10.7. The van der Waals surface area contributed by atoms with Gasteiger partial charge in [-0.05, 0) is 62.4 Å². The second-order valence-corrected chi connectivity index (χ2v) is 14.6. The van der Waals surface area contributed by atoms with E-state index in [4.69, 9.17) is 0 Å². The minimum Gasteiger partial charge on any atom is -0.351 e. The van der Waals surface area contributed by atoms with Gasteiger partial charge in [0.25, 0.3) is 5.91 Å². The Bertz CT molecular complexity index is 1500. The second-order valence-electron chi connectivity index (χ2n) is 12.2. The van der Waals surface area contributed by atoms with Crippen LogP contribution in [0.1, 0.15) is 69.4 Å². The molecule has 2 aliphatic carbocycles. The third-order valence-corrected chi connectivity index (χ3v) is 10.3. The van der Waals surface area contributed by atoms with Gasteiger partial charge in [-0.3, -0.25) is 24.4 Å². The lowest BCUT2D eigenvalue weighted by Gasteiger charge is -2.41. The van der Waals surface area contributed by atoms with E-state index in [-0.39, 0.29) is 37.1 Å². The van der Waals surface area contributed by atoms with Crippen molar-refractivity contribution in [2.45, 2.75) is 86.7 Å². The van der Waals surface area contributed by atoms with Crippen LogP contribution in [-0.4, -0.2) is 46.2 Å². The number of nitrogens with zero attached hydrogens (tertiary/aromatic N) is 4. The number of aromatic nitrogens is 1. The maximum Gasteiger partial charge on any atom is 0.310 e. The first-order valence-electron chi connectivity index (χ1n) is 14.4. The number of benzene rings is 1. The Morgan fingerprint density at radius 2 is 1.62 bits per heavy atom. The van der Waals surface area contributed by atoms with Gasteiger partial charge in [0, 0.05) is 48.3 Å². The van der Waals surface area contributed by atoms with Crippen LogP contribution in [0, 0.1) is 22.7 Å². The van der Waals surface area contributed by atoms with Crippen molar-refractivity contribution in [3.05, 3.63) is 54.1 Å². The number of carbonyl (C=O) groups is 2. The fourth-order valence-electron chi connectivity index (χ4n) is 6.90. The highest BCUT2D eigenvalue weighted by molar-refractivity contribution is 8.45. The normalized spacial score (nSPS) is 23.5. The SMILES string of the molecule is N#CN1CCC2(CCCC2)[C@@H]1C(=O)N(c1ccc(S(F)(F)(F)(F)F)cc1)C(C(=O)NC1CCC(F)(F)CC1)c1cncc(F)c1. The molecular formula is C29H31F8N5O2S. The van der Waals surface area contributed by atoms with Gasteiger partial charge < -0.3 is 5.32 Å². The number of nitrogens with one attached hydrogen (secondary N) is 1. The Labute approximate surface area is 254 Å². The molecule has 1 saturated heterocycles. The van der Waals surface area contributed by atoms with Crippen molar-refractivity contribution in [3.63, 3.8) is 0 Å². The van der Waals surface area contributed by atoms with Gasteiger partial charge in [-0.1, -0.05) is 32.3 Å². The first kappa shape index (κ1) is 32.8. The Balaban J connectivity index is 1.64. The van der Waals surface area contributed by atoms with Crippen LogP contribution in [0.5, 0.6) is 0 Å². The van der Waals surface area contributed by atoms with Gasteiger partial charge in [0.15, 0.2) is 6.19 Å². The van der Waals surface area contributed by atoms with Gasteiger partial charge in [0.05, 0.1) is 6.20 Å². The summed E-state index contributed by atoms with van der Waals surface area (Å²) in [6.07, 6.45) is 5.61. The number of hydrogen-bond acceptors (Lipinski definition) is 5. The molecule has 1 spiro atoms. The Morgan fingerprint density at radius 3 is 2.18 bits per heavy atom. The van der Waals surface area contributed by atoms with Crippen molar-refractivity contribution >= 4 is 27.7 Å². The minimum atomic E-state index is -10.1. The Morgan fingerprint density at radius 1 is 1.00 bits per heavy atom. The summed E-state index contributed by atoms with van der Waals surface area (Å²) in [7, 11) is -10.1. The smallest absolute Gasteiger partial charge is 0.310 e. The summed E-state index contributed by atoms with van der Waals surface area (Å²) >= 11 is 0. The Kier molecular flexibility index (Phi) is 7.82. The van der Waals surface area contributed by atoms with Crippen molar-refractivity contribution in [1.29, 1.82) is 5.26 Å². The van der Waals surface area contributed by atoms with Crippen molar-refractivity contribution in [2.75, 3.05) is 11.4 Å². The average molecular weight is 666 g/mol. The van der Waals surface area contributed by atoms with Gasteiger partial charge in [0.2, 0.25) is 11.8 Å². The maximum absolute atomic E-state index is 14.6. The van der Waals surface area contributed by atoms with Gasteiger partial charge in [0.1, 0.15) is 22.8 Å². The van der Waals surface area contributed by atoms with E-state index in [1.165, 1.54) is 4.90 Å². The van der Waals surface area contributed by atoms with E-state index in [9.17, 15) is 47.5 Å². The van der Waals surface area contributed by atoms with Crippen LogP contribution in [0.2, 0.25) is 0 Å². The largest absolute Gasteiger partial charge is 0.351 e. The number of alkyl halides is 2. The predicted molar refractivity (Wildman–Crippen MR) is 149 cm³/mol. The zero-order chi connectivity index (χ0) is 32.9. The molecular weight excluding hydrogens is 634 g/mol. The summed E-state index contributed by atoms with van der Waals surface area (Å²) in [6, 6.07) is -1.42. The number of pyridine rings is 1. The summed E-state index contributed by atoms with van der Waals surface area (Å²) in [5, 5.41) is 12.5. The van der Waals surface area contributed by atoms with E-state index in [1.807, 2.05) is 6.19 Å². The molecule has 0 radical (unpaired) electrons. The summed E-state index contributed by atoms with van der Waals surface area (Å²) < 4.78 is 110. The van der Waals surface area contributed by atoms with E-state index >= 15 is 0 Å². The van der Waals surface area contributed by atoms with Crippen LogP contribution >= 0.6 is 10.2 Å². The van der Waals surface area contributed by atoms with E-state index < -0.39 is 80.7 Å². The van der Waals surface area contributed by atoms with Gasteiger partial charge in [-0.15, -0.1) is 0 Å². The third-order valence-electron chi connectivity index (χ3n) is 9.11. The van der Waals surface area contributed by atoms with E-state index in [1.54, 1.807) is 0 Å². The molecule has 1 N–H and O–H groups in total. The van der Waals surface area contributed by atoms with Crippen molar-refractivity contribution in [3.8, 4) is 6.19 Å². The zero-order valence-corrected chi connectivity index (χ0v) is 24.7. The summed E-state index contributed by atoms with van der Waals surface area (Å²) in [6.45, 7) is 0.193. The molecule has 1 unspecified atom stereocenters. The molecule has 0 bridgehead atoms. The monoisotopic (exact) mass is 665 g/mol. The number of nitriles is 1. The summed E-state index contributed by atoms with van der Waals surface area (Å²) in [5.41, 5.74) is -1.31. The molecule has 2 amide bonds. The lowest BCUT2D eigenvalue weighted by molar-refractivity contribution is -0.130. The van der Waals surface area contributed by atoms with Crippen molar-refractivity contribution in [2.24, 2.45) is 5.41 Å². The number of amides is 2. The summed E-state index contributed by atoms with van der Waals surface area (Å²) in [4.78, 5) is 32.2. The molecule has 2 heterocycles. The molecule has 5 rings (SSSR count). The molecule has 246 valence electrons. The third kappa shape index (κ3) is 6.83. The standard InChI is InChI=1S/C29H31F8N5O2S/c30-20-15-19(16-39-17-20)24(26(43)40-21-7-11-29(31,32)12-8-21)42(22-3-5-23(6-4-22)45(33,34,35,36)37)27(44)25-28(9-1-2-10-28)13-14-41(25)18-38/h3-6,15-17,21,24-25H,1-2,7-14H2,(H,40,43)/t24?,25-/m0/s1. The lowest BCUT2D eigenvalue weighted by Crippen LogP contribution is -2.55. The van der Waals surface area contributed by atoms with Gasteiger partial charge >= 0.3 is 10.2 Å². The van der Waals surface area contributed by atoms with Crippen LogP contribution in [-0.2, 0) is 9.59 Å². The van der Waals surface area contributed by atoms with Crippen LogP contribution in [0.15, 0.2) is 47.6 Å². The van der Waals surface area contributed by atoms with Crippen LogP contribution < -0.4 is 10.2 Å². The predicted octanol–water partition coefficient (Wildman–Crippen LogP) is 7.76. The van der Waals surface area contributed by atoms with Crippen molar-refractivity contribution in [1.82, 2.24) is 15.2 Å². The van der Waals surface area contributed by atoms with E-state index in [0.29, 0.717) is 31.4 Å². The molecule has 2 aromatic rings. The topological polar surface area (TPSA) is 89.3 Å². The average Bonchev–Trinajstić information content (AvgIpc) is 3.58. The lowest BCUT2D eigenvalue weighted by atomic mass is 9.77. The van der Waals surface area contributed by atoms with Gasteiger partial charge in [-0.2, -0.15) is 5.26 Å². The number of likely N-dealkylation sites (tertiary alicyclic amines) is 1. The first-order chi connectivity index (χ1) is 20.8. The highest BCUT2D eigenvalue weighted by atomic mass is 32.5. The number of halogens is 8. The molecule has 2 saturated carbocycles. The zero-order valence-electron chi connectivity index (χ0n) is 23.9. The molecule has 3 fully saturated rings.